The molecule has 1 aromatic carbocycles. The van der Waals surface area contributed by atoms with Gasteiger partial charge in [0, 0.05) is 32.4 Å². The molecule has 1 unspecified atom stereocenters. The van der Waals surface area contributed by atoms with E-state index in [1.807, 2.05) is 35.2 Å². The maximum atomic E-state index is 13.1. The van der Waals surface area contributed by atoms with E-state index in [1.165, 1.54) is 18.2 Å². The Morgan fingerprint density at radius 3 is 2.61 bits per heavy atom. The number of anilines is 1. The third-order valence-electron chi connectivity index (χ3n) is 5.91. The molecule has 4 heterocycles. The molecule has 3 aliphatic rings. The van der Waals surface area contributed by atoms with Gasteiger partial charge in [0.25, 0.3) is 5.91 Å². The molecule has 3 aliphatic heterocycles. The first kappa shape index (κ1) is 20.8. The Hall–Kier alpha value is -4.06. The van der Waals surface area contributed by atoms with Gasteiger partial charge in [0.1, 0.15) is 5.76 Å². The number of allylic oxidation sites excluding steroid dienone is 1. The average Bonchev–Trinajstić information content (AvgIpc) is 3.53. The number of ketones is 1. The van der Waals surface area contributed by atoms with Crippen LogP contribution < -0.4 is 4.90 Å². The van der Waals surface area contributed by atoms with Gasteiger partial charge in [-0.1, -0.05) is 23.3 Å². The quantitative estimate of drug-likeness (QED) is 0.627. The number of piperazine rings is 1. The van der Waals surface area contributed by atoms with E-state index in [-0.39, 0.29) is 12.4 Å². The molecule has 0 aliphatic carbocycles. The Balaban J connectivity index is 1.27. The number of Topliss-reactive ketones (excluding diaryl/α,β-unsaturated/α-hetero) is 1. The van der Waals surface area contributed by atoms with E-state index in [2.05, 4.69) is 20.5 Å². The number of tetrazole rings is 1. The Kier molecular flexibility index (Phi) is 5.34. The van der Waals surface area contributed by atoms with Gasteiger partial charge in [0.2, 0.25) is 11.7 Å². The van der Waals surface area contributed by atoms with Gasteiger partial charge in [0.15, 0.2) is 5.84 Å². The highest BCUT2D eigenvalue weighted by atomic mass is 16.5. The predicted octanol–water partition coefficient (Wildman–Crippen LogP) is 0.0273. The summed E-state index contributed by atoms with van der Waals surface area (Å²) >= 11 is 0. The second-order valence-corrected chi connectivity index (χ2v) is 7.73. The highest BCUT2D eigenvalue weighted by Crippen LogP contribution is 2.31. The number of rotatable bonds is 5. The van der Waals surface area contributed by atoms with Crippen LogP contribution in [0.5, 0.6) is 0 Å². The number of amidine groups is 1. The van der Waals surface area contributed by atoms with Crippen molar-refractivity contribution in [1.82, 2.24) is 30.2 Å². The zero-order valence-electron chi connectivity index (χ0n) is 17.9. The Bertz CT molecular complexity index is 1160. The molecule has 170 valence electrons. The van der Waals surface area contributed by atoms with Gasteiger partial charge < -0.3 is 14.5 Å². The number of hydrogen-bond donors (Lipinski definition) is 1. The standard InChI is InChI=1S/C21H22N8O4/c1-33-16-7-8-28(32)19-17(16)15(13-22-19)18(30)20(31)26-9-11-27(12-10-26)21-23-24-25-29(21)14-5-3-2-4-6-14/h2-8,15,32H,9-13H2,1H3. The number of ether oxygens (including phenoxy) is 1. The molecule has 0 spiro atoms. The molecule has 1 saturated heterocycles. The molecule has 33 heavy (non-hydrogen) atoms. The first-order valence-corrected chi connectivity index (χ1v) is 10.5. The molecule has 2 aromatic rings. The summed E-state index contributed by atoms with van der Waals surface area (Å²) in [6, 6.07) is 9.55. The average molecular weight is 450 g/mol. The second kappa shape index (κ2) is 8.47. The summed E-state index contributed by atoms with van der Waals surface area (Å²) in [6.07, 6.45) is 2.93. The van der Waals surface area contributed by atoms with Gasteiger partial charge in [-0.3, -0.25) is 19.8 Å². The minimum atomic E-state index is -0.787. The number of fused-ring (bicyclic) bond motifs is 1. The van der Waals surface area contributed by atoms with Crippen LogP contribution in [-0.2, 0) is 14.3 Å². The molecule has 1 fully saturated rings. The van der Waals surface area contributed by atoms with Gasteiger partial charge in [0.05, 0.1) is 30.8 Å². The summed E-state index contributed by atoms with van der Waals surface area (Å²) in [5.41, 5.74) is 1.27. The fourth-order valence-electron chi connectivity index (χ4n) is 4.21. The van der Waals surface area contributed by atoms with E-state index in [0.29, 0.717) is 43.5 Å². The van der Waals surface area contributed by atoms with Gasteiger partial charge in [-0.05, 0) is 28.6 Å². The van der Waals surface area contributed by atoms with Gasteiger partial charge in [-0.2, -0.15) is 4.68 Å². The minimum absolute atomic E-state index is 0.0899. The van der Waals surface area contributed by atoms with Crippen LogP contribution in [0.3, 0.4) is 0 Å². The molecule has 0 bridgehead atoms. The number of benzene rings is 1. The van der Waals surface area contributed by atoms with Crippen molar-refractivity contribution in [3.63, 3.8) is 0 Å². The normalized spacial score (nSPS) is 20.1. The van der Waals surface area contributed by atoms with E-state index in [0.717, 1.165) is 10.8 Å². The summed E-state index contributed by atoms with van der Waals surface area (Å²) < 4.78 is 6.98. The molecular weight excluding hydrogens is 428 g/mol. The van der Waals surface area contributed by atoms with E-state index < -0.39 is 17.6 Å². The van der Waals surface area contributed by atoms with Crippen LogP contribution in [0.25, 0.3) is 5.69 Å². The van der Waals surface area contributed by atoms with Crippen molar-refractivity contribution in [2.75, 3.05) is 44.7 Å². The molecule has 0 radical (unpaired) electrons. The maximum absolute atomic E-state index is 13.1. The molecule has 0 saturated carbocycles. The minimum Gasteiger partial charge on any atom is -0.496 e. The number of aliphatic imine (C=N–C) groups is 1. The van der Waals surface area contributed by atoms with E-state index in [1.54, 1.807) is 10.8 Å². The number of para-hydroxylation sites is 1. The molecule has 5 rings (SSSR count). The third kappa shape index (κ3) is 3.63. The van der Waals surface area contributed by atoms with Crippen molar-refractivity contribution in [2.24, 2.45) is 10.9 Å². The SMILES string of the molecule is COC1=C2C(=NCC2C(=O)C(=O)N2CCN(c3nnnn3-c3ccccc3)CC2)N(O)C=C1. The fourth-order valence-corrected chi connectivity index (χ4v) is 4.21. The van der Waals surface area contributed by atoms with Crippen molar-refractivity contribution < 1.29 is 19.5 Å². The maximum Gasteiger partial charge on any atom is 0.290 e. The number of carbonyl (C=O) groups excluding carboxylic acids is 2. The van der Waals surface area contributed by atoms with Crippen LogP contribution in [0.4, 0.5) is 5.95 Å². The molecule has 1 amide bonds. The highest BCUT2D eigenvalue weighted by molar-refractivity contribution is 6.39. The highest BCUT2D eigenvalue weighted by Gasteiger charge is 2.42. The summed E-state index contributed by atoms with van der Waals surface area (Å²) in [5, 5.41) is 22.9. The number of nitrogens with zero attached hydrogens (tertiary/aromatic N) is 8. The number of aromatic nitrogens is 4. The van der Waals surface area contributed by atoms with Crippen LogP contribution in [0, 0.1) is 5.92 Å². The van der Waals surface area contributed by atoms with Crippen LogP contribution in [0.15, 0.2) is 58.9 Å². The molecule has 1 N–H and O–H groups in total. The van der Waals surface area contributed by atoms with Crippen molar-refractivity contribution in [2.45, 2.75) is 0 Å². The molecule has 12 nitrogen and oxygen atoms in total. The monoisotopic (exact) mass is 450 g/mol. The summed E-state index contributed by atoms with van der Waals surface area (Å²) in [5.74, 6) is -0.686. The van der Waals surface area contributed by atoms with Gasteiger partial charge in [-0.15, -0.1) is 0 Å². The van der Waals surface area contributed by atoms with Crippen molar-refractivity contribution >= 4 is 23.5 Å². The summed E-state index contributed by atoms with van der Waals surface area (Å²) in [7, 11) is 1.47. The van der Waals surface area contributed by atoms with Gasteiger partial charge in [-0.25, -0.2) is 5.06 Å². The number of hydrogen-bond acceptors (Lipinski definition) is 10. The zero-order valence-corrected chi connectivity index (χ0v) is 17.9. The Morgan fingerprint density at radius 1 is 1.12 bits per heavy atom. The van der Waals surface area contributed by atoms with E-state index in [9.17, 15) is 14.8 Å². The molecule has 12 heteroatoms. The Labute approximate surface area is 189 Å². The number of methoxy groups -OCH3 is 1. The van der Waals surface area contributed by atoms with Gasteiger partial charge >= 0.3 is 0 Å². The predicted molar refractivity (Wildman–Crippen MR) is 116 cm³/mol. The van der Waals surface area contributed by atoms with E-state index >= 15 is 0 Å². The van der Waals surface area contributed by atoms with E-state index in [4.69, 9.17) is 4.74 Å². The topological polar surface area (TPSA) is 129 Å². The third-order valence-corrected chi connectivity index (χ3v) is 5.91. The van der Waals surface area contributed by atoms with Crippen LogP contribution in [0.1, 0.15) is 0 Å². The van der Waals surface area contributed by atoms with Crippen molar-refractivity contribution in [1.29, 1.82) is 0 Å². The lowest BCUT2D eigenvalue weighted by Crippen LogP contribution is -2.52. The first-order chi connectivity index (χ1) is 16.1. The van der Waals surface area contributed by atoms with Crippen LogP contribution in [0.2, 0.25) is 0 Å². The largest absolute Gasteiger partial charge is 0.496 e. The van der Waals surface area contributed by atoms with Crippen LogP contribution >= 0.6 is 0 Å². The first-order valence-electron chi connectivity index (χ1n) is 10.5. The zero-order chi connectivity index (χ0) is 22.9. The summed E-state index contributed by atoms with van der Waals surface area (Å²) in [4.78, 5) is 33.9. The lowest BCUT2D eigenvalue weighted by Gasteiger charge is -2.34. The summed E-state index contributed by atoms with van der Waals surface area (Å²) in [6.45, 7) is 1.77. The lowest BCUT2D eigenvalue weighted by molar-refractivity contribution is -0.146. The number of carbonyl (C=O) groups is 2. The number of hydroxylamine groups is 2. The van der Waals surface area contributed by atoms with Crippen molar-refractivity contribution in [3.05, 3.63) is 53.9 Å². The number of amides is 1. The molecule has 1 atom stereocenters. The second-order valence-electron chi connectivity index (χ2n) is 7.73. The molecule has 1 aromatic heterocycles. The fraction of sp³-hybridized carbons (Fsp3) is 0.333. The van der Waals surface area contributed by atoms with Crippen molar-refractivity contribution in [3.8, 4) is 5.69 Å². The smallest absolute Gasteiger partial charge is 0.290 e. The Morgan fingerprint density at radius 2 is 1.88 bits per heavy atom. The van der Waals surface area contributed by atoms with Crippen LogP contribution in [-0.4, -0.2) is 92.7 Å². The lowest BCUT2D eigenvalue weighted by atomic mass is 9.92. The molecular formula is C21H22N8O4.